The number of phenolic OH excluding ortho intramolecular Hbond substituents is 1. The van der Waals surface area contributed by atoms with Crippen LogP contribution in [-0.2, 0) is 0 Å². The van der Waals surface area contributed by atoms with E-state index in [1.807, 2.05) is 30.3 Å². The first kappa shape index (κ1) is 16.3. The van der Waals surface area contributed by atoms with Crippen molar-refractivity contribution >= 4 is 34.3 Å². The van der Waals surface area contributed by atoms with Gasteiger partial charge in [0.2, 0.25) is 0 Å². The molecule has 0 aromatic heterocycles. The van der Waals surface area contributed by atoms with E-state index in [1.165, 1.54) is 25.9 Å². The lowest BCUT2D eigenvalue weighted by atomic mass is 9.84. The summed E-state index contributed by atoms with van der Waals surface area (Å²) < 4.78 is 0. The van der Waals surface area contributed by atoms with E-state index >= 15 is 0 Å². The molecule has 6 heteroatoms. The average Bonchev–Trinajstić information content (AvgIpc) is 2.64. The van der Waals surface area contributed by atoms with Crippen LogP contribution in [0.4, 0.5) is 0 Å². The van der Waals surface area contributed by atoms with Crippen LogP contribution in [0.2, 0.25) is 0 Å². The molecule has 130 valence electrons. The maximum Gasteiger partial charge on any atom is 0.187 e. The van der Waals surface area contributed by atoms with E-state index in [4.69, 9.17) is 12.2 Å². The predicted octanol–water partition coefficient (Wildman–Crippen LogP) is 2.44. The molecule has 0 amide bonds. The lowest BCUT2D eigenvalue weighted by Crippen LogP contribution is -2.58. The summed E-state index contributed by atoms with van der Waals surface area (Å²) in [4.78, 5) is 2.48. The maximum absolute atomic E-state index is 10.1. The van der Waals surface area contributed by atoms with Crippen LogP contribution in [0.1, 0.15) is 18.4 Å². The molecule has 0 unspecified atom stereocenters. The zero-order valence-corrected chi connectivity index (χ0v) is 14.8. The average molecular weight is 354 g/mol. The summed E-state index contributed by atoms with van der Waals surface area (Å²) in [6.07, 6.45) is 4.11. The molecule has 0 saturated carbocycles. The standard InChI is InChI=1S/C19H22N4OS/c24-18-6-5-13-3-1-2-4-15(13)16(18)11-20-22-19(25)21-17-12-23-9-7-14(17)8-10-23/h1-6,11,14,17,24H,7-10,12H2,(H2,21,22,25)/b20-11+/t17-/m0/s1. The highest BCUT2D eigenvalue weighted by Crippen LogP contribution is 2.27. The van der Waals surface area contributed by atoms with Crippen molar-refractivity contribution in [2.75, 3.05) is 19.6 Å². The quantitative estimate of drug-likeness (QED) is 0.449. The number of benzene rings is 2. The summed E-state index contributed by atoms with van der Waals surface area (Å²) in [7, 11) is 0. The molecule has 1 atom stereocenters. The van der Waals surface area contributed by atoms with Gasteiger partial charge in [0.1, 0.15) is 5.75 Å². The van der Waals surface area contributed by atoms with Gasteiger partial charge in [-0.3, -0.25) is 5.43 Å². The Morgan fingerprint density at radius 3 is 2.76 bits per heavy atom. The van der Waals surface area contributed by atoms with Crippen LogP contribution < -0.4 is 10.7 Å². The fourth-order valence-electron chi connectivity index (χ4n) is 3.90. The van der Waals surface area contributed by atoms with Gasteiger partial charge in [-0.1, -0.05) is 30.3 Å². The SMILES string of the molecule is Oc1ccc2ccccc2c1/C=N/NC(=S)N[C@H]1CN2CCC1CC2. The van der Waals surface area contributed by atoms with Crippen molar-refractivity contribution < 1.29 is 5.11 Å². The number of phenols is 1. The molecule has 2 aromatic rings. The summed E-state index contributed by atoms with van der Waals surface area (Å²) in [5.41, 5.74) is 3.58. The first-order valence-corrected chi connectivity index (χ1v) is 9.14. The van der Waals surface area contributed by atoms with Gasteiger partial charge >= 0.3 is 0 Å². The Balaban J connectivity index is 1.41. The molecule has 3 fully saturated rings. The number of hydrazone groups is 1. The van der Waals surface area contributed by atoms with E-state index in [1.54, 1.807) is 12.3 Å². The van der Waals surface area contributed by atoms with E-state index in [2.05, 4.69) is 20.7 Å². The number of hydrogen-bond donors (Lipinski definition) is 3. The molecule has 0 radical (unpaired) electrons. The molecule has 3 N–H and O–H groups in total. The monoisotopic (exact) mass is 354 g/mol. The molecule has 2 bridgehead atoms. The summed E-state index contributed by atoms with van der Waals surface area (Å²) >= 11 is 5.38. The summed E-state index contributed by atoms with van der Waals surface area (Å²) in [6.45, 7) is 3.48. The number of fused-ring (bicyclic) bond motifs is 4. The number of piperidine rings is 3. The maximum atomic E-state index is 10.1. The number of aromatic hydroxyl groups is 1. The summed E-state index contributed by atoms with van der Waals surface area (Å²) in [5.74, 6) is 0.913. The molecule has 0 spiro atoms. The summed E-state index contributed by atoms with van der Waals surface area (Å²) in [6, 6.07) is 11.9. The first-order chi connectivity index (χ1) is 12.2. The van der Waals surface area contributed by atoms with Gasteiger partial charge in [-0.2, -0.15) is 5.10 Å². The molecule has 3 heterocycles. The van der Waals surface area contributed by atoms with Crippen LogP contribution in [0.5, 0.6) is 5.75 Å². The first-order valence-electron chi connectivity index (χ1n) is 8.73. The third kappa shape index (κ3) is 3.45. The zero-order chi connectivity index (χ0) is 17.2. The van der Waals surface area contributed by atoms with Crippen LogP contribution in [0.25, 0.3) is 10.8 Å². The minimum atomic E-state index is 0.209. The van der Waals surface area contributed by atoms with Crippen LogP contribution in [0, 0.1) is 5.92 Å². The Bertz CT molecular complexity index is 814. The van der Waals surface area contributed by atoms with Crippen molar-refractivity contribution in [1.29, 1.82) is 0 Å². The predicted molar refractivity (Wildman–Crippen MR) is 105 cm³/mol. The molecule has 3 aliphatic rings. The van der Waals surface area contributed by atoms with E-state index in [9.17, 15) is 5.11 Å². The van der Waals surface area contributed by atoms with Crippen LogP contribution >= 0.6 is 12.2 Å². The lowest BCUT2D eigenvalue weighted by molar-refractivity contribution is 0.0812. The van der Waals surface area contributed by atoms with Gasteiger partial charge in [0.25, 0.3) is 0 Å². The number of nitrogens with zero attached hydrogens (tertiary/aromatic N) is 2. The van der Waals surface area contributed by atoms with E-state index in [0.29, 0.717) is 22.6 Å². The fraction of sp³-hybridized carbons (Fsp3) is 0.368. The molecule has 2 aromatic carbocycles. The van der Waals surface area contributed by atoms with E-state index in [0.717, 1.165) is 17.3 Å². The normalized spacial score (nSPS) is 25.4. The van der Waals surface area contributed by atoms with E-state index in [-0.39, 0.29) is 5.75 Å². The number of rotatable bonds is 3. The van der Waals surface area contributed by atoms with Gasteiger partial charge in [-0.15, -0.1) is 0 Å². The number of thiocarbonyl (C=S) groups is 1. The highest BCUT2D eigenvalue weighted by Gasteiger charge is 2.34. The minimum absolute atomic E-state index is 0.209. The van der Waals surface area contributed by atoms with Crippen molar-refractivity contribution in [2.45, 2.75) is 18.9 Å². The second-order valence-corrected chi connectivity index (χ2v) is 7.22. The number of hydrogen-bond acceptors (Lipinski definition) is 4. The van der Waals surface area contributed by atoms with Gasteiger partial charge in [-0.25, -0.2) is 0 Å². The van der Waals surface area contributed by atoms with Crippen molar-refractivity contribution in [3.63, 3.8) is 0 Å². The molecule has 3 aliphatic heterocycles. The highest BCUT2D eigenvalue weighted by atomic mass is 32.1. The smallest absolute Gasteiger partial charge is 0.187 e. The Labute approximate surface area is 152 Å². The zero-order valence-electron chi connectivity index (χ0n) is 14.0. The third-order valence-corrected chi connectivity index (χ3v) is 5.49. The Morgan fingerprint density at radius 1 is 1.20 bits per heavy atom. The van der Waals surface area contributed by atoms with Crippen molar-refractivity contribution in [1.82, 2.24) is 15.6 Å². The van der Waals surface area contributed by atoms with E-state index < -0.39 is 0 Å². The molecular formula is C19H22N4OS. The molecule has 3 saturated heterocycles. The summed E-state index contributed by atoms with van der Waals surface area (Å²) in [5, 5.41) is 20.3. The third-order valence-electron chi connectivity index (χ3n) is 5.28. The van der Waals surface area contributed by atoms with Crippen LogP contribution in [0.3, 0.4) is 0 Å². The van der Waals surface area contributed by atoms with Gasteiger partial charge in [0, 0.05) is 18.2 Å². The van der Waals surface area contributed by atoms with Crippen molar-refractivity contribution in [2.24, 2.45) is 11.0 Å². The molecule has 0 aliphatic carbocycles. The van der Waals surface area contributed by atoms with Crippen molar-refractivity contribution in [3.05, 3.63) is 42.0 Å². The molecule has 25 heavy (non-hydrogen) atoms. The topological polar surface area (TPSA) is 59.9 Å². The molecule has 5 rings (SSSR count). The molecule has 5 nitrogen and oxygen atoms in total. The number of nitrogens with one attached hydrogen (secondary N) is 2. The molecular weight excluding hydrogens is 332 g/mol. The lowest BCUT2D eigenvalue weighted by Gasteiger charge is -2.45. The Hall–Kier alpha value is -2.18. The highest BCUT2D eigenvalue weighted by molar-refractivity contribution is 7.80. The van der Waals surface area contributed by atoms with Gasteiger partial charge in [0.15, 0.2) is 5.11 Å². The van der Waals surface area contributed by atoms with Gasteiger partial charge in [-0.05, 0) is 60.9 Å². The van der Waals surface area contributed by atoms with Gasteiger partial charge < -0.3 is 15.3 Å². The second kappa shape index (κ2) is 6.98. The fourth-order valence-corrected chi connectivity index (χ4v) is 4.11. The Morgan fingerprint density at radius 2 is 2.00 bits per heavy atom. The minimum Gasteiger partial charge on any atom is -0.507 e. The largest absolute Gasteiger partial charge is 0.507 e. The Kier molecular flexibility index (Phi) is 4.55. The van der Waals surface area contributed by atoms with Crippen molar-refractivity contribution in [3.8, 4) is 5.75 Å². The van der Waals surface area contributed by atoms with Gasteiger partial charge in [0.05, 0.1) is 6.21 Å². The van der Waals surface area contributed by atoms with Crippen LogP contribution in [0.15, 0.2) is 41.5 Å². The second-order valence-electron chi connectivity index (χ2n) is 6.81. The van der Waals surface area contributed by atoms with Crippen LogP contribution in [-0.4, -0.2) is 47.0 Å².